The molecule has 14 heavy (non-hydrogen) atoms. The summed E-state index contributed by atoms with van der Waals surface area (Å²) in [5.74, 6) is -0.186. The predicted octanol–water partition coefficient (Wildman–Crippen LogP) is 1.49. The zero-order chi connectivity index (χ0) is 9.97. The van der Waals surface area contributed by atoms with E-state index in [0.717, 1.165) is 0 Å². The van der Waals surface area contributed by atoms with Crippen molar-refractivity contribution in [1.29, 1.82) is 0 Å². The van der Waals surface area contributed by atoms with Crippen LogP contribution in [0.1, 0.15) is 10.4 Å². The summed E-state index contributed by atoms with van der Waals surface area (Å²) in [6, 6.07) is 8.85. The first-order valence-corrected chi connectivity index (χ1v) is 5.22. The minimum Gasteiger partial charge on any atom is -0.442 e. The van der Waals surface area contributed by atoms with Crippen molar-refractivity contribution in [3.05, 3.63) is 35.9 Å². The number of thioether (sulfide) groups is 1. The molecule has 0 spiro atoms. The second-order valence-electron chi connectivity index (χ2n) is 2.86. The molecule has 1 aliphatic rings. The van der Waals surface area contributed by atoms with E-state index in [1.807, 2.05) is 6.07 Å². The minimum atomic E-state index is -0.648. The third-order valence-electron chi connectivity index (χ3n) is 1.86. The van der Waals surface area contributed by atoms with E-state index in [4.69, 9.17) is 4.74 Å². The molecule has 0 saturated carbocycles. The molecule has 1 aliphatic heterocycles. The van der Waals surface area contributed by atoms with Crippen LogP contribution in [0.5, 0.6) is 0 Å². The smallest absolute Gasteiger partial charge is 0.317 e. The maximum absolute atomic E-state index is 11.7. The molecule has 0 N–H and O–H groups in total. The van der Waals surface area contributed by atoms with Gasteiger partial charge in [0.1, 0.15) is 0 Å². The van der Waals surface area contributed by atoms with Gasteiger partial charge in [-0.3, -0.25) is 9.59 Å². The lowest BCUT2D eigenvalue weighted by atomic mass is 10.1. The third-order valence-corrected chi connectivity index (χ3v) is 2.88. The van der Waals surface area contributed by atoms with E-state index in [9.17, 15) is 9.59 Å². The number of hydrogen-bond acceptors (Lipinski definition) is 4. The van der Waals surface area contributed by atoms with Crippen molar-refractivity contribution in [2.24, 2.45) is 0 Å². The molecule has 0 radical (unpaired) electrons. The fraction of sp³-hybridized carbons (Fsp3) is 0.200. The molecular formula is C10H8O3S. The van der Waals surface area contributed by atoms with Gasteiger partial charge in [-0.05, 0) is 0 Å². The van der Waals surface area contributed by atoms with Crippen LogP contribution < -0.4 is 0 Å². The highest BCUT2D eigenvalue weighted by atomic mass is 32.2. The molecule has 72 valence electrons. The van der Waals surface area contributed by atoms with Crippen LogP contribution in [0, 0.1) is 0 Å². The Hall–Kier alpha value is -1.29. The van der Waals surface area contributed by atoms with Gasteiger partial charge < -0.3 is 4.74 Å². The number of rotatable bonds is 2. The Morgan fingerprint density at radius 1 is 1.36 bits per heavy atom. The Morgan fingerprint density at radius 2 is 2.07 bits per heavy atom. The summed E-state index contributed by atoms with van der Waals surface area (Å²) >= 11 is 1.23. The number of Topliss-reactive ketones (excluding diaryl/α,β-unsaturated/α-hetero) is 1. The van der Waals surface area contributed by atoms with Crippen molar-refractivity contribution >= 4 is 23.5 Å². The molecule has 1 aromatic rings. The quantitative estimate of drug-likeness (QED) is 0.545. The summed E-state index contributed by atoms with van der Waals surface area (Å²) in [5.41, 5.74) is -0.0652. The summed E-state index contributed by atoms with van der Waals surface area (Å²) in [7, 11) is 0. The molecule has 1 heterocycles. The van der Waals surface area contributed by atoms with Gasteiger partial charge in [0.2, 0.25) is 11.2 Å². The average Bonchev–Trinajstić information content (AvgIpc) is 2.65. The number of cyclic esters (lactones) is 1. The molecule has 0 bridgehead atoms. The first-order valence-electron chi connectivity index (χ1n) is 4.18. The summed E-state index contributed by atoms with van der Waals surface area (Å²) < 4.78 is 4.85. The lowest BCUT2D eigenvalue weighted by molar-refractivity contribution is -0.138. The molecule has 1 fully saturated rings. The molecule has 3 nitrogen and oxygen atoms in total. The molecule has 1 atom stereocenters. The van der Waals surface area contributed by atoms with Crippen LogP contribution in [0.15, 0.2) is 30.3 Å². The van der Waals surface area contributed by atoms with Crippen molar-refractivity contribution < 1.29 is 14.3 Å². The second-order valence-corrected chi connectivity index (χ2v) is 3.91. The van der Waals surface area contributed by atoms with Gasteiger partial charge in [0.15, 0.2) is 0 Å². The monoisotopic (exact) mass is 208 g/mol. The van der Waals surface area contributed by atoms with Gasteiger partial charge in [-0.25, -0.2) is 0 Å². The number of ketones is 1. The normalized spacial score (nSPS) is 20.6. The Balaban J connectivity index is 2.13. The van der Waals surface area contributed by atoms with Crippen LogP contribution >= 0.6 is 11.8 Å². The van der Waals surface area contributed by atoms with Crippen molar-refractivity contribution in [1.82, 2.24) is 0 Å². The van der Waals surface area contributed by atoms with Crippen molar-refractivity contribution in [2.75, 3.05) is 5.75 Å². The highest BCUT2D eigenvalue weighted by molar-refractivity contribution is 8.01. The summed E-state index contributed by atoms with van der Waals surface area (Å²) in [4.78, 5) is 22.5. The highest BCUT2D eigenvalue weighted by Gasteiger charge is 2.30. The second kappa shape index (κ2) is 3.84. The Kier molecular flexibility index (Phi) is 2.54. The van der Waals surface area contributed by atoms with Crippen molar-refractivity contribution in [2.45, 2.75) is 5.44 Å². The molecule has 0 aromatic heterocycles. The van der Waals surface area contributed by atoms with Gasteiger partial charge in [-0.15, -0.1) is 0 Å². The maximum atomic E-state index is 11.7. The number of benzene rings is 1. The number of hydrogen-bond donors (Lipinski definition) is 0. The van der Waals surface area contributed by atoms with E-state index in [2.05, 4.69) is 0 Å². The van der Waals surface area contributed by atoms with Gasteiger partial charge in [0, 0.05) is 5.56 Å². The van der Waals surface area contributed by atoms with Gasteiger partial charge in [0.25, 0.3) is 0 Å². The zero-order valence-electron chi connectivity index (χ0n) is 7.30. The van der Waals surface area contributed by atoms with E-state index in [1.54, 1.807) is 24.3 Å². The zero-order valence-corrected chi connectivity index (χ0v) is 8.12. The summed E-state index contributed by atoms with van der Waals surface area (Å²) in [6.07, 6.45) is 0. The topological polar surface area (TPSA) is 43.4 Å². The van der Waals surface area contributed by atoms with Crippen LogP contribution in [-0.2, 0) is 9.53 Å². The van der Waals surface area contributed by atoms with Gasteiger partial charge in [0.05, 0.1) is 5.75 Å². The Morgan fingerprint density at radius 3 is 2.64 bits per heavy atom. The molecule has 1 unspecified atom stereocenters. The first kappa shape index (κ1) is 9.27. The average molecular weight is 208 g/mol. The third kappa shape index (κ3) is 1.80. The lowest BCUT2D eigenvalue weighted by Gasteiger charge is -2.06. The van der Waals surface area contributed by atoms with E-state index in [-0.39, 0.29) is 17.5 Å². The molecule has 1 saturated heterocycles. The van der Waals surface area contributed by atoms with Crippen LogP contribution in [0.3, 0.4) is 0 Å². The molecule has 1 aromatic carbocycles. The maximum Gasteiger partial charge on any atom is 0.317 e. The van der Waals surface area contributed by atoms with E-state index >= 15 is 0 Å². The van der Waals surface area contributed by atoms with Crippen LogP contribution in [-0.4, -0.2) is 22.9 Å². The molecule has 0 amide bonds. The molecule has 2 rings (SSSR count). The van der Waals surface area contributed by atoms with E-state index < -0.39 is 5.44 Å². The van der Waals surface area contributed by atoms with Crippen LogP contribution in [0.2, 0.25) is 0 Å². The number of esters is 1. The number of ether oxygens (including phenoxy) is 1. The predicted molar refractivity (Wildman–Crippen MR) is 53.1 cm³/mol. The van der Waals surface area contributed by atoms with Gasteiger partial charge in [-0.2, -0.15) is 0 Å². The SMILES string of the molecule is O=C1CSC(C(=O)c2ccccc2)O1. The van der Waals surface area contributed by atoms with Crippen molar-refractivity contribution in [3.8, 4) is 0 Å². The van der Waals surface area contributed by atoms with E-state index in [0.29, 0.717) is 5.56 Å². The fourth-order valence-electron chi connectivity index (χ4n) is 1.20. The van der Waals surface area contributed by atoms with Gasteiger partial charge >= 0.3 is 5.97 Å². The molecule has 0 aliphatic carbocycles. The summed E-state index contributed by atoms with van der Waals surface area (Å²) in [6.45, 7) is 0. The Bertz CT molecular complexity index is 361. The largest absolute Gasteiger partial charge is 0.442 e. The fourth-order valence-corrected chi connectivity index (χ4v) is 2.02. The minimum absolute atomic E-state index is 0.138. The highest BCUT2D eigenvalue weighted by Crippen LogP contribution is 2.24. The van der Waals surface area contributed by atoms with Crippen molar-refractivity contribution in [3.63, 3.8) is 0 Å². The van der Waals surface area contributed by atoms with Gasteiger partial charge in [-0.1, -0.05) is 42.1 Å². The molecular weight excluding hydrogens is 200 g/mol. The standard InChI is InChI=1S/C10H8O3S/c11-8-6-14-10(13-8)9(12)7-4-2-1-3-5-7/h1-5,10H,6H2. The van der Waals surface area contributed by atoms with Crippen LogP contribution in [0.25, 0.3) is 0 Å². The number of carbonyl (C=O) groups is 2. The first-order chi connectivity index (χ1) is 6.77. The lowest BCUT2D eigenvalue weighted by Crippen LogP contribution is -2.17. The Labute approximate surface area is 85.4 Å². The molecule has 4 heteroatoms. The summed E-state index contributed by atoms with van der Waals surface area (Å²) in [5, 5.41) is 0. The van der Waals surface area contributed by atoms with Crippen LogP contribution in [0.4, 0.5) is 0 Å². The number of carbonyl (C=O) groups excluding carboxylic acids is 2. The van der Waals surface area contributed by atoms with E-state index in [1.165, 1.54) is 11.8 Å².